The van der Waals surface area contributed by atoms with Crippen molar-refractivity contribution in [3.8, 4) is 17.3 Å². The van der Waals surface area contributed by atoms with Gasteiger partial charge < -0.3 is 10.2 Å². The molecule has 0 spiro atoms. The van der Waals surface area contributed by atoms with Gasteiger partial charge in [0.25, 0.3) is 5.91 Å². The van der Waals surface area contributed by atoms with Gasteiger partial charge in [-0.25, -0.2) is 0 Å². The summed E-state index contributed by atoms with van der Waals surface area (Å²) in [6.45, 7) is 4.35. The van der Waals surface area contributed by atoms with Crippen LogP contribution in [0, 0.1) is 17.2 Å². The van der Waals surface area contributed by atoms with Crippen molar-refractivity contribution < 1.29 is 4.79 Å². The summed E-state index contributed by atoms with van der Waals surface area (Å²) in [6.07, 6.45) is 2.38. The number of carbonyl (C=O) groups excluding carboxylic acids is 1. The largest absolute Gasteiger partial charge is 0.355 e. The third-order valence-electron chi connectivity index (χ3n) is 5.45. The number of anilines is 2. The van der Waals surface area contributed by atoms with Gasteiger partial charge in [0, 0.05) is 29.9 Å². The van der Waals surface area contributed by atoms with E-state index in [0.717, 1.165) is 36.1 Å². The normalized spacial score (nSPS) is 14.2. The molecule has 1 fully saturated rings. The number of amides is 1. The van der Waals surface area contributed by atoms with E-state index < -0.39 is 0 Å². The number of hydrogen-bond acceptors (Lipinski definition) is 5. The lowest BCUT2D eigenvalue weighted by Gasteiger charge is -2.30. The van der Waals surface area contributed by atoms with E-state index in [0.29, 0.717) is 16.8 Å². The second kappa shape index (κ2) is 8.75. The fraction of sp³-hybridized carbons (Fsp3) is 0.250. The van der Waals surface area contributed by atoms with Crippen LogP contribution in [0.1, 0.15) is 35.7 Å². The first kappa shape index (κ1) is 19.6. The third kappa shape index (κ3) is 4.47. The molecule has 30 heavy (non-hydrogen) atoms. The van der Waals surface area contributed by atoms with Gasteiger partial charge in [-0.1, -0.05) is 25.1 Å². The molecule has 150 valence electrons. The molecule has 0 unspecified atom stereocenters. The predicted octanol–water partition coefficient (Wildman–Crippen LogP) is 4.50. The van der Waals surface area contributed by atoms with Crippen molar-refractivity contribution in [3.05, 3.63) is 71.8 Å². The fourth-order valence-corrected chi connectivity index (χ4v) is 3.54. The van der Waals surface area contributed by atoms with Crippen molar-refractivity contribution in [2.45, 2.75) is 19.8 Å². The Kier molecular flexibility index (Phi) is 5.71. The van der Waals surface area contributed by atoms with E-state index in [9.17, 15) is 4.79 Å². The smallest absolute Gasteiger partial charge is 0.255 e. The SMILES string of the molecule is CC1CCN(c2ccc(-c3ccc(NC(=O)c4cccc(C#N)c4)cc3)nn2)CC1. The maximum absolute atomic E-state index is 12.4. The van der Waals surface area contributed by atoms with Gasteiger partial charge in [0.2, 0.25) is 0 Å². The van der Waals surface area contributed by atoms with Crippen molar-refractivity contribution in [2.24, 2.45) is 5.92 Å². The van der Waals surface area contributed by atoms with E-state index in [2.05, 4.69) is 27.3 Å². The zero-order valence-electron chi connectivity index (χ0n) is 16.9. The van der Waals surface area contributed by atoms with Gasteiger partial charge in [-0.3, -0.25) is 4.79 Å². The van der Waals surface area contributed by atoms with E-state index >= 15 is 0 Å². The topological polar surface area (TPSA) is 81.9 Å². The van der Waals surface area contributed by atoms with Crippen molar-refractivity contribution in [1.82, 2.24) is 10.2 Å². The first-order valence-electron chi connectivity index (χ1n) is 10.1. The number of rotatable bonds is 4. The molecule has 1 amide bonds. The molecule has 1 N–H and O–H groups in total. The number of carbonyl (C=O) groups is 1. The molecule has 2 aromatic carbocycles. The maximum Gasteiger partial charge on any atom is 0.255 e. The molecule has 1 aliphatic heterocycles. The highest BCUT2D eigenvalue weighted by atomic mass is 16.1. The van der Waals surface area contributed by atoms with Crippen molar-refractivity contribution in [1.29, 1.82) is 5.26 Å². The zero-order chi connectivity index (χ0) is 20.9. The average molecular weight is 397 g/mol. The van der Waals surface area contributed by atoms with Crippen LogP contribution in [0.4, 0.5) is 11.5 Å². The van der Waals surface area contributed by atoms with Gasteiger partial charge in [0.05, 0.1) is 17.3 Å². The Bertz CT molecular complexity index is 1060. The first-order chi connectivity index (χ1) is 14.6. The Morgan fingerprint density at radius 1 is 1.07 bits per heavy atom. The van der Waals surface area contributed by atoms with Gasteiger partial charge in [0.1, 0.15) is 0 Å². The quantitative estimate of drug-likeness (QED) is 0.701. The van der Waals surface area contributed by atoms with Crippen LogP contribution in [0.2, 0.25) is 0 Å². The monoisotopic (exact) mass is 397 g/mol. The summed E-state index contributed by atoms with van der Waals surface area (Å²) in [5.41, 5.74) is 3.32. The van der Waals surface area contributed by atoms with Gasteiger partial charge in [-0.15, -0.1) is 10.2 Å². The average Bonchev–Trinajstić information content (AvgIpc) is 2.80. The summed E-state index contributed by atoms with van der Waals surface area (Å²) >= 11 is 0. The molecule has 0 atom stereocenters. The number of nitrogens with one attached hydrogen (secondary N) is 1. The van der Waals surface area contributed by atoms with Gasteiger partial charge in [-0.05, 0) is 61.2 Å². The highest BCUT2D eigenvalue weighted by Gasteiger charge is 2.17. The summed E-state index contributed by atoms with van der Waals surface area (Å²) in [6, 6.07) is 20.2. The molecular formula is C24H23N5O. The molecule has 0 aliphatic carbocycles. The molecule has 1 saturated heterocycles. The van der Waals surface area contributed by atoms with Crippen LogP contribution < -0.4 is 10.2 Å². The third-order valence-corrected chi connectivity index (χ3v) is 5.45. The number of nitrogens with zero attached hydrogens (tertiary/aromatic N) is 4. The lowest BCUT2D eigenvalue weighted by molar-refractivity contribution is 0.102. The van der Waals surface area contributed by atoms with Crippen LogP contribution in [0.15, 0.2) is 60.7 Å². The Labute approximate surface area is 176 Å². The Morgan fingerprint density at radius 2 is 1.83 bits per heavy atom. The Morgan fingerprint density at radius 3 is 2.50 bits per heavy atom. The molecule has 0 radical (unpaired) electrons. The molecule has 4 rings (SSSR count). The number of piperidine rings is 1. The second-order valence-corrected chi connectivity index (χ2v) is 7.67. The predicted molar refractivity (Wildman–Crippen MR) is 117 cm³/mol. The van der Waals surface area contributed by atoms with Crippen molar-refractivity contribution >= 4 is 17.4 Å². The van der Waals surface area contributed by atoms with Gasteiger partial charge in [-0.2, -0.15) is 5.26 Å². The first-order valence-corrected chi connectivity index (χ1v) is 10.1. The van der Waals surface area contributed by atoms with E-state index in [4.69, 9.17) is 5.26 Å². The van der Waals surface area contributed by atoms with Gasteiger partial charge >= 0.3 is 0 Å². The Balaban J connectivity index is 1.42. The van der Waals surface area contributed by atoms with Crippen LogP contribution >= 0.6 is 0 Å². The van der Waals surface area contributed by atoms with E-state index in [1.165, 1.54) is 12.8 Å². The second-order valence-electron chi connectivity index (χ2n) is 7.67. The standard InChI is InChI=1S/C24H23N5O/c1-17-11-13-29(14-12-17)23-10-9-22(27-28-23)19-5-7-21(8-6-19)26-24(30)20-4-2-3-18(15-20)16-25/h2-10,15,17H,11-14H2,1H3,(H,26,30). The highest BCUT2D eigenvalue weighted by molar-refractivity contribution is 6.04. The number of benzene rings is 2. The molecule has 0 saturated carbocycles. The lowest BCUT2D eigenvalue weighted by atomic mass is 9.99. The van der Waals surface area contributed by atoms with E-state index in [1.54, 1.807) is 24.3 Å². The molecule has 6 nitrogen and oxygen atoms in total. The van der Waals surface area contributed by atoms with Crippen molar-refractivity contribution in [3.63, 3.8) is 0 Å². The minimum Gasteiger partial charge on any atom is -0.355 e. The summed E-state index contributed by atoms with van der Waals surface area (Å²) in [5.74, 6) is 1.46. The van der Waals surface area contributed by atoms with Crippen LogP contribution in [0.25, 0.3) is 11.3 Å². The lowest BCUT2D eigenvalue weighted by Crippen LogP contribution is -2.33. The summed E-state index contributed by atoms with van der Waals surface area (Å²) in [7, 11) is 0. The minimum absolute atomic E-state index is 0.250. The summed E-state index contributed by atoms with van der Waals surface area (Å²) in [5, 5.41) is 20.6. The summed E-state index contributed by atoms with van der Waals surface area (Å²) in [4.78, 5) is 14.7. The van der Waals surface area contributed by atoms with Gasteiger partial charge in [0.15, 0.2) is 5.82 Å². The van der Waals surface area contributed by atoms with Crippen LogP contribution in [-0.2, 0) is 0 Å². The molecule has 1 aliphatic rings. The van der Waals surface area contributed by atoms with Crippen LogP contribution in [0.3, 0.4) is 0 Å². The number of hydrogen-bond donors (Lipinski definition) is 1. The Hall–Kier alpha value is -3.72. The minimum atomic E-state index is -0.250. The van der Waals surface area contributed by atoms with E-state index in [1.807, 2.05) is 42.5 Å². The zero-order valence-corrected chi connectivity index (χ0v) is 16.9. The molecule has 2 heterocycles. The molecule has 3 aromatic rings. The number of aromatic nitrogens is 2. The maximum atomic E-state index is 12.4. The fourth-order valence-electron chi connectivity index (χ4n) is 3.54. The van der Waals surface area contributed by atoms with Crippen LogP contribution in [0.5, 0.6) is 0 Å². The molecular weight excluding hydrogens is 374 g/mol. The summed E-state index contributed by atoms with van der Waals surface area (Å²) < 4.78 is 0. The molecule has 6 heteroatoms. The molecule has 0 bridgehead atoms. The van der Waals surface area contributed by atoms with Crippen molar-refractivity contribution in [2.75, 3.05) is 23.3 Å². The molecule has 1 aromatic heterocycles. The van der Waals surface area contributed by atoms with Crippen LogP contribution in [-0.4, -0.2) is 29.2 Å². The number of nitriles is 1. The highest BCUT2D eigenvalue weighted by Crippen LogP contribution is 2.24. The van der Waals surface area contributed by atoms with E-state index in [-0.39, 0.29) is 5.91 Å².